The number of amides is 1. The molecule has 3 rings (SSSR count). The number of nitrogens with zero attached hydrogens (tertiary/aromatic N) is 3. The Kier molecular flexibility index (Phi) is 5.99. The minimum absolute atomic E-state index is 0.0667. The van der Waals surface area contributed by atoms with Crippen LogP contribution in [0.15, 0.2) is 42.5 Å². The minimum atomic E-state index is -0.575. The van der Waals surface area contributed by atoms with Gasteiger partial charge in [-0.25, -0.2) is 0 Å². The smallest absolute Gasteiger partial charge is 0.283 e. The van der Waals surface area contributed by atoms with Crippen molar-refractivity contribution < 1.29 is 9.72 Å². The monoisotopic (exact) mass is 407 g/mol. The highest BCUT2D eigenvalue weighted by molar-refractivity contribution is 6.31. The zero-order chi connectivity index (χ0) is 19.6. The van der Waals surface area contributed by atoms with Crippen LogP contribution in [0.25, 0.3) is 0 Å². The fourth-order valence-electron chi connectivity index (χ4n) is 3.33. The Bertz CT molecular complexity index is 867. The van der Waals surface area contributed by atoms with Crippen LogP contribution in [0.2, 0.25) is 10.0 Å². The Morgan fingerprint density at radius 3 is 2.41 bits per heavy atom. The largest absolute Gasteiger partial charge is 0.336 e. The second-order valence-corrected chi connectivity index (χ2v) is 7.29. The highest BCUT2D eigenvalue weighted by atomic mass is 35.5. The van der Waals surface area contributed by atoms with E-state index in [1.54, 1.807) is 4.90 Å². The van der Waals surface area contributed by atoms with Crippen LogP contribution in [-0.4, -0.2) is 46.8 Å². The Hall–Kier alpha value is -2.15. The second-order valence-electron chi connectivity index (χ2n) is 6.44. The zero-order valence-electron chi connectivity index (χ0n) is 14.8. The van der Waals surface area contributed by atoms with Gasteiger partial charge >= 0.3 is 0 Å². The number of hydrogen-bond donors (Lipinski definition) is 0. The number of benzene rings is 2. The molecule has 2 aromatic rings. The summed E-state index contributed by atoms with van der Waals surface area (Å²) < 4.78 is 0. The third kappa shape index (κ3) is 4.24. The summed E-state index contributed by atoms with van der Waals surface area (Å²) in [5.41, 5.74) is 0.851. The highest BCUT2D eigenvalue weighted by Gasteiger charge is 2.29. The first kappa shape index (κ1) is 19.6. The Labute approximate surface area is 167 Å². The Morgan fingerprint density at radius 1 is 1.11 bits per heavy atom. The van der Waals surface area contributed by atoms with E-state index in [0.717, 1.165) is 10.6 Å². The zero-order valence-corrected chi connectivity index (χ0v) is 16.3. The summed E-state index contributed by atoms with van der Waals surface area (Å²) in [6, 6.07) is 12.0. The molecule has 6 nitrogen and oxygen atoms in total. The molecule has 1 fully saturated rings. The van der Waals surface area contributed by atoms with E-state index >= 15 is 0 Å². The fourth-order valence-corrected chi connectivity index (χ4v) is 3.79. The van der Waals surface area contributed by atoms with Crippen LogP contribution in [0.3, 0.4) is 0 Å². The number of nitro benzene ring substituents is 1. The summed E-state index contributed by atoms with van der Waals surface area (Å²) >= 11 is 12.1. The van der Waals surface area contributed by atoms with Crippen molar-refractivity contribution >= 4 is 34.8 Å². The van der Waals surface area contributed by atoms with Crippen molar-refractivity contribution in [2.45, 2.75) is 13.0 Å². The van der Waals surface area contributed by atoms with Crippen LogP contribution < -0.4 is 0 Å². The molecule has 1 unspecified atom stereocenters. The van der Waals surface area contributed by atoms with Gasteiger partial charge in [-0.15, -0.1) is 0 Å². The van der Waals surface area contributed by atoms with Crippen molar-refractivity contribution in [3.05, 3.63) is 73.8 Å². The number of carbonyl (C=O) groups excluding carboxylic acids is 1. The molecular weight excluding hydrogens is 389 g/mol. The van der Waals surface area contributed by atoms with Crippen LogP contribution in [0, 0.1) is 10.1 Å². The lowest BCUT2D eigenvalue weighted by Crippen LogP contribution is -2.49. The van der Waals surface area contributed by atoms with Gasteiger partial charge in [-0.3, -0.25) is 19.8 Å². The van der Waals surface area contributed by atoms with E-state index in [1.807, 2.05) is 24.3 Å². The third-order valence-electron chi connectivity index (χ3n) is 4.89. The number of nitro groups is 1. The molecule has 1 aliphatic rings. The molecule has 0 bridgehead atoms. The first-order valence-electron chi connectivity index (χ1n) is 8.60. The molecule has 1 saturated heterocycles. The average molecular weight is 408 g/mol. The summed E-state index contributed by atoms with van der Waals surface area (Å²) in [7, 11) is 0. The van der Waals surface area contributed by atoms with Gasteiger partial charge in [0.2, 0.25) is 0 Å². The van der Waals surface area contributed by atoms with E-state index in [0.29, 0.717) is 26.2 Å². The van der Waals surface area contributed by atoms with Gasteiger partial charge in [-0.1, -0.05) is 41.4 Å². The molecule has 0 aromatic heterocycles. The molecule has 2 aromatic carbocycles. The van der Waals surface area contributed by atoms with E-state index < -0.39 is 4.92 Å². The van der Waals surface area contributed by atoms with Crippen LogP contribution in [0.4, 0.5) is 5.69 Å². The highest BCUT2D eigenvalue weighted by Crippen LogP contribution is 2.29. The lowest BCUT2D eigenvalue weighted by atomic mass is 10.1. The predicted octanol–water partition coefficient (Wildman–Crippen LogP) is 4.42. The van der Waals surface area contributed by atoms with E-state index in [-0.39, 0.29) is 28.2 Å². The Morgan fingerprint density at radius 2 is 1.78 bits per heavy atom. The maximum Gasteiger partial charge on any atom is 0.283 e. The number of hydrogen-bond acceptors (Lipinski definition) is 4. The number of carbonyl (C=O) groups is 1. The molecule has 27 heavy (non-hydrogen) atoms. The lowest BCUT2D eigenvalue weighted by Gasteiger charge is -2.38. The maximum atomic E-state index is 12.8. The first-order chi connectivity index (χ1) is 12.9. The molecule has 1 heterocycles. The molecule has 8 heteroatoms. The van der Waals surface area contributed by atoms with Gasteiger partial charge in [0.1, 0.15) is 5.56 Å². The van der Waals surface area contributed by atoms with Crippen LogP contribution in [0.1, 0.15) is 28.9 Å². The molecule has 0 spiro atoms. The van der Waals surface area contributed by atoms with Crippen molar-refractivity contribution in [2.75, 3.05) is 26.2 Å². The van der Waals surface area contributed by atoms with Crippen LogP contribution >= 0.6 is 23.2 Å². The van der Waals surface area contributed by atoms with E-state index in [2.05, 4.69) is 11.8 Å². The van der Waals surface area contributed by atoms with Crippen molar-refractivity contribution in [3.8, 4) is 0 Å². The van der Waals surface area contributed by atoms with Crippen molar-refractivity contribution in [3.63, 3.8) is 0 Å². The molecule has 0 saturated carbocycles. The van der Waals surface area contributed by atoms with Crippen LogP contribution in [-0.2, 0) is 0 Å². The van der Waals surface area contributed by atoms with Gasteiger partial charge in [0.15, 0.2) is 0 Å². The maximum absolute atomic E-state index is 12.8. The van der Waals surface area contributed by atoms with Gasteiger partial charge in [0, 0.05) is 48.3 Å². The quantitative estimate of drug-likeness (QED) is 0.555. The summed E-state index contributed by atoms with van der Waals surface area (Å²) in [5.74, 6) is -0.344. The van der Waals surface area contributed by atoms with Crippen LogP contribution in [0.5, 0.6) is 0 Å². The first-order valence-corrected chi connectivity index (χ1v) is 9.35. The average Bonchev–Trinajstić information content (AvgIpc) is 2.67. The molecule has 142 valence electrons. The lowest BCUT2D eigenvalue weighted by molar-refractivity contribution is -0.385. The van der Waals surface area contributed by atoms with E-state index in [9.17, 15) is 14.9 Å². The standard InChI is InChI=1S/C19H19Cl2N3O3/c1-13(15-4-2-3-5-17(15)21)22-8-10-23(11-9-22)19(25)16-7-6-14(20)12-18(16)24(26)27/h2-7,12-13H,8-11H2,1H3. The predicted molar refractivity (Wildman–Crippen MR) is 105 cm³/mol. The summed E-state index contributed by atoms with van der Waals surface area (Å²) in [6.45, 7) is 4.41. The number of rotatable bonds is 4. The fraction of sp³-hybridized carbons (Fsp3) is 0.316. The summed E-state index contributed by atoms with van der Waals surface area (Å²) in [6.07, 6.45) is 0. The third-order valence-corrected chi connectivity index (χ3v) is 5.47. The topological polar surface area (TPSA) is 66.7 Å². The molecule has 0 radical (unpaired) electrons. The molecule has 0 aliphatic carbocycles. The molecule has 0 N–H and O–H groups in total. The SMILES string of the molecule is CC(c1ccccc1Cl)N1CCN(C(=O)c2ccc(Cl)cc2[N+](=O)[O-])CC1. The molecular formula is C19H19Cl2N3O3. The number of piperazine rings is 1. The normalized spacial score (nSPS) is 16.2. The van der Waals surface area contributed by atoms with E-state index in [1.165, 1.54) is 18.2 Å². The summed E-state index contributed by atoms with van der Waals surface area (Å²) in [4.78, 5) is 27.3. The second kappa shape index (κ2) is 8.25. The van der Waals surface area contributed by atoms with Crippen molar-refractivity contribution in [2.24, 2.45) is 0 Å². The van der Waals surface area contributed by atoms with Gasteiger partial charge in [-0.05, 0) is 30.7 Å². The van der Waals surface area contributed by atoms with Gasteiger partial charge in [-0.2, -0.15) is 0 Å². The van der Waals surface area contributed by atoms with Gasteiger partial charge < -0.3 is 4.90 Å². The number of halogens is 2. The molecule has 1 amide bonds. The minimum Gasteiger partial charge on any atom is -0.336 e. The molecule has 1 atom stereocenters. The van der Waals surface area contributed by atoms with Gasteiger partial charge in [0.05, 0.1) is 4.92 Å². The van der Waals surface area contributed by atoms with Crippen molar-refractivity contribution in [1.82, 2.24) is 9.80 Å². The van der Waals surface area contributed by atoms with Gasteiger partial charge in [0.25, 0.3) is 11.6 Å². The van der Waals surface area contributed by atoms with E-state index in [4.69, 9.17) is 23.2 Å². The van der Waals surface area contributed by atoms with Crippen molar-refractivity contribution in [1.29, 1.82) is 0 Å². The molecule has 1 aliphatic heterocycles. The Balaban J connectivity index is 1.70. The summed E-state index contributed by atoms with van der Waals surface area (Å²) in [5, 5.41) is 12.2.